The summed E-state index contributed by atoms with van der Waals surface area (Å²) in [6.45, 7) is 1.93. The predicted octanol–water partition coefficient (Wildman–Crippen LogP) is 3.73. The van der Waals surface area contributed by atoms with Crippen LogP contribution in [-0.4, -0.2) is 48.3 Å². The molecule has 6 nitrogen and oxygen atoms in total. The summed E-state index contributed by atoms with van der Waals surface area (Å²) >= 11 is 0. The first-order chi connectivity index (χ1) is 13.2. The van der Waals surface area contributed by atoms with E-state index in [9.17, 15) is 0 Å². The largest absolute Gasteiger partial charge is 0.495 e. The quantitative estimate of drug-likeness (QED) is 0.740. The zero-order chi connectivity index (χ0) is 18.4. The molecule has 1 fully saturated rings. The fraction of sp³-hybridized carbons (Fsp3) is 0.381. The Balaban J connectivity index is 1.50. The highest BCUT2D eigenvalue weighted by molar-refractivity contribution is 5.89. The van der Waals surface area contributed by atoms with Crippen molar-refractivity contribution in [2.24, 2.45) is 0 Å². The van der Waals surface area contributed by atoms with Crippen LogP contribution in [-0.2, 0) is 6.42 Å². The number of methoxy groups -OCH3 is 1. The molecule has 2 aliphatic rings. The van der Waals surface area contributed by atoms with Gasteiger partial charge in [-0.2, -0.15) is 0 Å². The smallest absolute Gasteiger partial charge is 0.151 e. The van der Waals surface area contributed by atoms with Crippen molar-refractivity contribution in [3.8, 4) is 5.75 Å². The van der Waals surface area contributed by atoms with E-state index in [0.29, 0.717) is 12.7 Å². The number of nitrogens with zero attached hydrogens (tertiary/aromatic N) is 3. The molecule has 0 saturated carbocycles. The van der Waals surface area contributed by atoms with Crippen molar-refractivity contribution in [3.05, 3.63) is 42.2 Å². The number of pyridine rings is 1. The molecule has 3 aromatic rings. The molecule has 1 aromatic carbocycles. The molecule has 0 amide bonds. The number of nitrogens with one attached hydrogen (secondary N) is 2. The number of benzene rings is 1. The number of anilines is 3. The lowest BCUT2D eigenvalue weighted by Crippen LogP contribution is -2.26. The topological polar surface area (TPSA) is 56.4 Å². The van der Waals surface area contributed by atoms with E-state index in [-0.39, 0.29) is 0 Å². The van der Waals surface area contributed by atoms with Gasteiger partial charge in [0.05, 0.1) is 25.7 Å². The van der Waals surface area contributed by atoms with Crippen LogP contribution in [0.15, 0.2) is 36.7 Å². The molecule has 140 valence electrons. The van der Waals surface area contributed by atoms with E-state index in [1.54, 1.807) is 13.3 Å². The summed E-state index contributed by atoms with van der Waals surface area (Å²) in [6, 6.07) is 9.33. The number of hydrogen-bond acceptors (Lipinski definition) is 5. The lowest BCUT2D eigenvalue weighted by atomic mass is 10.0. The zero-order valence-electron chi connectivity index (χ0n) is 15.8. The van der Waals surface area contributed by atoms with Gasteiger partial charge in [-0.3, -0.25) is 0 Å². The van der Waals surface area contributed by atoms with Crippen LogP contribution in [0.25, 0.3) is 10.9 Å². The third-order valence-electron chi connectivity index (χ3n) is 5.96. The van der Waals surface area contributed by atoms with Crippen molar-refractivity contribution >= 4 is 28.1 Å². The van der Waals surface area contributed by atoms with Gasteiger partial charge in [0.25, 0.3) is 0 Å². The maximum Gasteiger partial charge on any atom is 0.151 e. The van der Waals surface area contributed by atoms with Gasteiger partial charge in [0.2, 0.25) is 0 Å². The molecule has 0 spiro atoms. The van der Waals surface area contributed by atoms with E-state index in [0.717, 1.165) is 23.7 Å². The van der Waals surface area contributed by atoms with E-state index < -0.39 is 0 Å². The molecule has 2 aliphatic heterocycles. The Bertz CT molecular complexity index is 982. The van der Waals surface area contributed by atoms with Crippen molar-refractivity contribution in [2.45, 2.75) is 25.3 Å². The van der Waals surface area contributed by atoms with Crippen LogP contribution in [0.1, 0.15) is 18.4 Å². The molecule has 2 aromatic heterocycles. The monoisotopic (exact) mass is 363 g/mol. The van der Waals surface area contributed by atoms with Gasteiger partial charge in [0.15, 0.2) is 5.82 Å². The Kier molecular flexibility index (Phi) is 3.93. The third-order valence-corrected chi connectivity index (χ3v) is 5.96. The summed E-state index contributed by atoms with van der Waals surface area (Å²) in [5.74, 6) is 1.67. The molecule has 0 bridgehead atoms. The molecule has 0 aliphatic carbocycles. The second-order valence-corrected chi connectivity index (χ2v) is 7.53. The van der Waals surface area contributed by atoms with Gasteiger partial charge in [-0.05, 0) is 56.6 Å². The molecular formula is C21H25N5O. The van der Waals surface area contributed by atoms with Crippen LogP contribution in [0.5, 0.6) is 5.75 Å². The van der Waals surface area contributed by atoms with Crippen LogP contribution in [0.2, 0.25) is 0 Å². The summed E-state index contributed by atoms with van der Waals surface area (Å²) < 4.78 is 5.36. The van der Waals surface area contributed by atoms with Crippen LogP contribution in [0.3, 0.4) is 0 Å². The number of H-pyrrole nitrogens is 1. The van der Waals surface area contributed by atoms with Crippen molar-refractivity contribution in [3.63, 3.8) is 0 Å². The van der Waals surface area contributed by atoms with Gasteiger partial charge in [-0.1, -0.05) is 0 Å². The SMILES string of the molecule is COc1cnc2c(c1)N(c1ccc3[nH]cc(C[C@H]4CCCN4C)c3c1)CN2. The number of aromatic nitrogens is 2. The molecule has 6 heteroatoms. The summed E-state index contributed by atoms with van der Waals surface area (Å²) in [5.41, 5.74) is 4.83. The van der Waals surface area contributed by atoms with Gasteiger partial charge in [0.1, 0.15) is 5.75 Å². The molecule has 0 radical (unpaired) electrons. The van der Waals surface area contributed by atoms with E-state index in [1.165, 1.54) is 41.5 Å². The normalized spacial score (nSPS) is 19.5. The summed E-state index contributed by atoms with van der Waals surface area (Å²) in [5, 5.41) is 4.68. The number of fused-ring (bicyclic) bond motifs is 2. The number of hydrogen-bond donors (Lipinski definition) is 2. The number of rotatable bonds is 4. The second kappa shape index (κ2) is 6.46. The molecule has 1 saturated heterocycles. The summed E-state index contributed by atoms with van der Waals surface area (Å²) in [6.07, 6.45) is 7.63. The molecule has 4 heterocycles. The maximum atomic E-state index is 5.36. The highest BCUT2D eigenvalue weighted by atomic mass is 16.5. The fourth-order valence-electron chi connectivity index (χ4n) is 4.35. The molecule has 27 heavy (non-hydrogen) atoms. The van der Waals surface area contributed by atoms with Crippen molar-refractivity contribution < 1.29 is 4.74 Å². The highest BCUT2D eigenvalue weighted by Crippen LogP contribution is 2.38. The van der Waals surface area contributed by atoms with Gasteiger partial charge in [-0.25, -0.2) is 4.98 Å². The minimum Gasteiger partial charge on any atom is -0.495 e. The van der Waals surface area contributed by atoms with Crippen molar-refractivity contribution in [1.29, 1.82) is 0 Å². The van der Waals surface area contributed by atoms with Crippen LogP contribution in [0.4, 0.5) is 17.2 Å². The Morgan fingerprint density at radius 1 is 1.30 bits per heavy atom. The summed E-state index contributed by atoms with van der Waals surface area (Å²) in [7, 11) is 3.92. The lowest BCUT2D eigenvalue weighted by molar-refractivity contribution is 0.310. The lowest BCUT2D eigenvalue weighted by Gasteiger charge is -2.20. The van der Waals surface area contributed by atoms with Crippen LogP contribution in [0, 0.1) is 0 Å². The predicted molar refractivity (Wildman–Crippen MR) is 109 cm³/mol. The molecule has 2 N–H and O–H groups in total. The first kappa shape index (κ1) is 16.4. The molecule has 0 unspecified atom stereocenters. The third kappa shape index (κ3) is 2.80. The average molecular weight is 363 g/mol. The molecule has 5 rings (SSSR count). The van der Waals surface area contributed by atoms with Gasteiger partial charge >= 0.3 is 0 Å². The van der Waals surface area contributed by atoms with Crippen molar-refractivity contribution in [2.75, 3.05) is 37.6 Å². The second-order valence-electron chi connectivity index (χ2n) is 7.53. The van der Waals surface area contributed by atoms with E-state index in [1.807, 2.05) is 6.07 Å². The van der Waals surface area contributed by atoms with E-state index in [4.69, 9.17) is 4.74 Å². The van der Waals surface area contributed by atoms with Gasteiger partial charge < -0.3 is 24.8 Å². The average Bonchev–Trinajstić information content (AvgIpc) is 3.40. The van der Waals surface area contributed by atoms with Crippen LogP contribution >= 0.6 is 0 Å². The van der Waals surface area contributed by atoms with E-state index >= 15 is 0 Å². The molecular weight excluding hydrogens is 338 g/mol. The fourth-order valence-corrected chi connectivity index (χ4v) is 4.35. The standard InChI is InChI=1S/C21H25N5O/c1-25-7-3-4-15(25)8-14-11-22-19-6-5-16(9-18(14)19)26-13-24-21-20(26)10-17(27-2)12-23-21/h5-6,9-12,15,22H,3-4,7-8,13H2,1-2H3,(H,23,24)/t15-/m1/s1. The van der Waals surface area contributed by atoms with E-state index in [2.05, 4.69) is 56.5 Å². The van der Waals surface area contributed by atoms with Crippen molar-refractivity contribution in [1.82, 2.24) is 14.9 Å². The number of ether oxygens (including phenoxy) is 1. The number of likely N-dealkylation sites (N-methyl/N-ethyl adjacent to an activating group) is 1. The minimum atomic E-state index is 0.648. The first-order valence-electron chi connectivity index (χ1n) is 9.58. The highest BCUT2D eigenvalue weighted by Gasteiger charge is 2.24. The first-order valence-corrected chi connectivity index (χ1v) is 9.58. The summed E-state index contributed by atoms with van der Waals surface area (Å²) in [4.78, 5) is 12.7. The maximum absolute atomic E-state index is 5.36. The Labute approximate surface area is 159 Å². The molecule has 1 atom stereocenters. The minimum absolute atomic E-state index is 0.648. The zero-order valence-corrected chi connectivity index (χ0v) is 15.8. The van der Waals surface area contributed by atoms with Crippen LogP contribution < -0.4 is 15.0 Å². The Morgan fingerprint density at radius 2 is 2.22 bits per heavy atom. The Morgan fingerprint density at radius 3 is 3.04 bits per heavy atom. The Hall–Kier alpha value is -2.73. The van der Waals surface area contributed by atoms with Gasteiger partial charge in [-0.15, -0.1) is 0 Å². The number of aromatic amines is 1. The number of likely N-dealkylation sites (tertiary alicyclic amines) is 1. The van der Waals surface area contributed by atoms with Gasteiger partial charge in [0, 0.05) is 34.9 Å².